The first-order valence-corrected chi connectivity index (χ1v) is 13.2. The van der Waals surface area contributed by atoms with E-state index in [1.165, 1.54) is 0 Å². The highest BCUT2D eigenvalue weighted by Crippen LogP contribution is 2.52. The molecule has 4 atom stereocenters. The highest BCUT2D eigenvalue weighted by atomic mass is 19.1. The highest BCUT2D eigenvalue weighted by molar-refractivity contribution is 6.25. The molecule has 1 heterocycles. The third-order valence-corrected chi connectivity index (χ3v) is 8.54. The Kier molecular flexibility index (Phi) is 6.92. The van der Waals surface area contributed by atoms with Gasteiger partial charge in [0.05, 0.1) is 23.8 Å². The summed E-state index contributed by atoms with van der Waals surface area (Å²) >= 11 is 0. The first-order valence-electron chi connectivity index (χ1n) is 13.2. The number of ketones is 2. The Bertz CT molecular complexity index is 1400. The summed E-state index contributed by atoms with van der Waals surface area (Å²) in [6, 6.07) is -0.579. The molecule has 214 valence electrons. The van der Waals surface area contributed by atoms with Crippen molar-refractivity contribution in [2.45, 2.75) is 50.2 Å². The average Bonchev–Trinajstić information content (AvgIpc) is 3.16. The number of nitrogens with one attached hydrogen (secondary N) is 1. The summed E-state index contributed by atoms with van der Waals surface area (Å²) in [5.74, 6) is -10.2. The molecule has 1 aromatic rings. The number of benzene rings is 1. The first kappa shape index (κ1) is 27.7. The molecule has 0 bridgehead atoms. The predicted molar refractivity (Wildman–Crippen MR) is 138 cm³/mol. The SMILES string of the molecule is NC(=O)C1=C(O)[C@H](N)[C@@H]2C[C@@H]3Cc4c(F)cc(NC(=O)CN5CCCCCC5)c(O)c4C(=O)C3=C(O)[C@]2(O)C1=O. The summed E-state index contributed by atoms with van der Waals surface area (Å²) in [6.45, 7) is 1.46. The Hall–Kier alpha value is -3.81. The van der Waals surface area contributed by atoms with Gasteiger partial charge >= 0.3 is 0 Å². The van der Waals surface area contributed by atoms with Crippen molar-refractivity contribution in [1.82, 2.24) is 4.90 Å². The summed E-state index contributed by atoms with van der Waals surface area (Å²) in [7, 11) is 0. The molecule has 0 saturated carbocycles. The van der Waals surface area contributed by atoms with Crippen molar-refractivity contribution in [3.63, 3.8) is 0 Å². The van der Waals surface area contributed by atoms with Gasteiger partial charge in [-0.15, -0.1) is 0 Å². The lowest BCUT2D eigenvalue weighted by molar-refractivity contribution is -0.145. The molecule has 2 amide bonds. The number of rotatable bonds is 4. The van der Waals surface area contributed by atoms with E-state index in [0.717, 1.165) is 44.8 Å². The van der Waals surface area contributed by atoms with Crippen LogP contribution in [0.4, 0.5) is 10.1 Å². The molecular formula is C27H31FN4O8. The maximum atomic E-state index is 15.3. The number of halogens is 1. The molecule has 1 aromatic carbocycles. The monoisotopic (exact) mass is 558 g/mol. The van der Waals surface area contributed by atoms with E-state index in [1.807, 2.05) is 4.90 Å². The number of phenolic OH excluding ortho intramolecular Hbond substituents is 1. The number of allylic oxidation sites excluding steroid dienone is 1. The number of carbonyl (C=O) groups is 4. The second-order valence-corrected chi connectivity index (χ2v) is 10.9. The molecule has 40 heavy (non-hydrogen) atoms. The van der Waals surface area contributed by atoms with Crippen LogP contribution in [0.3, 0.4) is 0 Å². The second kappa shape index (κ2) is 9.98. The smallest absolute Gasteiger partial charge is 0.255 e. The number of nitrogens with zero attached hydrogens (tertiary/aromatic N) is 1. The number of Topliss-reactive ketones (excluding diaryl/α,β-unsaturated/α-hetero) is 2. The number of aromatic hydroxyl groups is 1. The summed E-state index contributed by atoms with van der Waals surface area (Å²) in [5.41, 5.74) is 5.86. The Morgan fingerprint density at radius 2 is 1.77 bits per heavy atom. The van der Waals surface area contributed by atoms with Crippen LogP contribution in [-0.4, -0.2) is 80.0 Å². The predicted octanol–water partition coefficient (Wildman–Crippen LogP) is 0.471. The van der Waals surface area contributed by atoms with E-state index in [-0.39, 0.29) is 30.6 Å². The fraction of sp³-hybridized carbons (Fsp3) is 0.481. The zero-order valence-electron chi connectivity index (χ0n) is 21.6. The van der Waals surface area contributed by atoms with Crippen LogP contribution in [-0.2, 0) is 20.8 Å². The van der Waals surface area contributed by atoms with E-state index in [1.54, 1.807) is 0 Å². The largest absolute Gasteiger partial charge is 0.510 e. The van der Waals surface area contributed by atoms with Gasteiger partial charge in [0.2, 0.25) is 11.7 Å². The first-order chi connectivity index (χ1) is 18.9. The fourth-order valence-electron chi connectivity index (χ4n) is 6.52. The van der Waals surface area contributed by atoms with Gasteiger partial charge in [-0.05, 0) is 44.7 Å². The number of primary amides is 1. The summed E-state index contributed by atoms with van der Waals surface area (Å²) < 4.78 is 15.3. The van der Waals surface area contributed by atoms with Crippen LogP contribution in [0.5, 0.6) is 5.75 Å². The average molecular weight is 559 g/mol. The van der Waals surface area contributed by atoms with Crippen LogP contribution < -0.4 is 16.8 Å². The van der Waals surface area contributed by atoms with Crippen LogP contribution in [0.1, 0.15) is 48.0 Å². The number of aliphatic hydroxyl groups excluding tert-OH is 2. The van der Waals surface area contributed by atoms with Gasteiger partial charge in [0, 0.05) is 23.1 Å². The minimum absolute atomic E-state index is 0.0133. The lowest BCUT2D eigenvalue weighted by Gasteiger charge is -2.47. The number of nitrogens with two attached hydrogens (primary N) is 2. The molecule has 0 spiro atoms. The van der Waals surface area contributed by atoms with Crippen molar-refractivity contribution < 1.29 is 44.0 Å². The van der Waals surface area contributed by atoms with Crippen molar-refractivity contribution in [3.05, 3.63) is 45.7 Å². The van der Waals surface area contributed by atoms with Gasteiger partial charge in [-0.1, -0.05) is 12.8 Å². The normalized spacial score (nSPS) is 28.9. The molecule has 5 rings (SSSR count). The molecule has 9 N–H and O–H groups in total. The van der Waals surface area contributed by atoms with Gasteiger partial charge in [0.15, 0.2) is 17.1 Å². The molecule has 3 aliphatic carbocycles. The molecule has 13 heteroatoms. The van der Waals surface area contributed by atoms with Crippen LogP contribution in [0.25, 0.3) is 0 Å². The zero-order valence-corrected chi connectivity index (χ0v) is 21.6. The highest BCUT2D eigenvalue weighted by Gasteiger charge is 2.62. The lowest BCUT2D eigenvalue weighted by Crippen LogP contribution is -2.63. The van der Waals surface area contributed by atoms with E-state index in [4.69, 9.17) is 11.5 Å². The third-order valence-electron chi connectivity index (χ3n) is 8.54. The molecule has 0 radical (unpaired) electrons. The van der Waals surface area contributed by atoms with E-state index in [2.05, 4.69) is 5.32 Å². The number of amides is 2. The quantitative estimate of drug-likeness (QED) is 0.200. The van der Waals surface area contributed by atoms with E-state index in [9.17, 15) is 39.6 Å². The number of carbonyl (C=O) groups excluding carboxylic acids is 4. The molecule has 1 aliphatic heterocycles. The van der Waals surface area contributed by atoms with Crippen LogP contribution >= 0.6 is 0 Å². The summed E-state index contributed by atoms with van der Waals surface area (Å²) in [6.07, 6.45) is 3.56. The van der Waals surface area contributed by atoms with Gasteiger partial charge in [-0.2, -0.15) is 0 Å². The molecule has 0 aromatic heterocycles. The molecule has 0 unspecified atom stereocenters. The number of hydrogen-bond donors (Lipinski definition) is 7. The topological polar surface area (TPSA) is 217 Å². The third kappa shape index (κ3) is 4.16. The minimum Gasteiger partial charge on any atom is -0.510 e. The number of anilines is 1. The fourth-order valence-corrected chi connectivity index (χ4v) is 6.52. The number of aliphatic hydroxyl groups is 3. The lowest BCUT2D eigenvalue weighted by atomic mass is 9.59. The van der Waals surface area contributed by atoms with Crippen molar-refractivity contribution in [1.29, 1.82) is 0 Å². The molecule has 1 saturated heterocycles. The van der Waals surface area contributed by atoms with Crippen molar-refractivity contribution in [2.24, 2.45) is 23.3 Å². The summed E-state index contributed by atoms with van der Waals surface area (Å²) in [4.78, 5) is 53.2. The molecule has 12 nitrogen and oxygen atoms in total. The number of hydrogen-bond acceptors (Lipinski definition) is 10. The van der Waals surface area contributed by atoms with Gasteiger partial charge in [0.1, 0.15) is 22.9 Å². The maximum Gasteiger partial charge on any atom is 0.255 e. The van der Waals surface area contributed by atoms with Gasteiger partial charge in [-0.3, -0.25) is 24.1 Å². The molecule has 4 aliphatic rings. The molecular weight excluding hydrogens is 527 g/mol. The zero-order chi connectivity index (χ0) is 29.1. The van der Waals surface area contributed by atoms with Crippen LogP contribution in [0.15, 0.2) is 28.7 Å². The Morgan fingerprint density at radius 3 is 2.40 bits per heavy atom. The standard InChI is InChI=1S/C27H31FN4O8/c28-14-9-15(31-16(33)10-32-5-3-1-2-4-6-32)21(34)18-12(14)7-11-8-13-20(29)23(36)19(26(30)39)25(38)27(13,40)24(37)17(11)22(18)35/h9,11,13,20,34,36-37,40H,1-8,10,29H2,(H2,30,39)(H,31,33)/t11-,13-,20+,27-/m0/s1. The Balaban J connectivity index is 1.51. The number of phenols is 1. The Morgan fingerprint density at radius 1 is 1.12 bits per heavy atom. The maximum absolute atomic E-state index is 15.3. The number of fused-ring (bicyclic) bond motifs is 3. The Labute approximate surface area is 228 Å². The van der Waals surface area contributed by atoms with Gasteiger partial charge in [0.25, 0.3) is 5.91 Å². The van der Waals surface area contributed by atoms with E-state index >= 15 is 4.39 Å². The van der Waals surface area contributed by atoms with E-state index in [0.29, 0.717) is 0 Å². The second-order valence-electron chi connectivity index (χ2n) is 10.9. The van der Waals surface area contributed by atoms with Crippen molar-refractivity contribution in [3.8, 4) is 5.75 Å². The van der Waals surface area contributed by atoms with Crippen LogP contribution in [0, 0.1) is 17.7 Å². The number of likely N-dealkylation sites (tertiary alicyclic amines) is 1. The van der Waals surface area contributed by atoms with Crippen molar-refractivity contribution >= 4 is 29.1 Å². The van der Waals surface area contributed by atoms with Gasteiger partial charge < -0.3 is 37.2 Å². The van der Waals surface area contributed by atoms with Gasteiger partial charge in [-0.25, -0.2) is 4.39 Å². The van der Waals surface area contributed by atoms with Crippen LogP contribution in [0.2, 0.25) is 0 Å². The molecule has 1 fully saturated rings. The van der Waals surface area contributed by atoms with E-state index < -0.39 is 86.7 Å². The minimum atomic E-state index is -2.86. The van der Waals surface area contributed by atoms with Crippen molar-refractivity contribution in [2.75, 3.05) is 25.0 Å². The summed E-state index contributed by atoms with van der Waals surface area (Å²) in [5, 5.41) is 46.3.